The number of benzene rings is 2. The van der Waals surface area contributed by atoms with Crippen molar-refractivity contribution in [2.75, 3.05) is 0 Å². The number of nitrogens with zero attached hydrogens (tertiary/aromatic N) is 2. The number of hydrogen-bond donors (Lipinski definition) is 0. The fourth-order valence-electron chi connectivity index (χ4n) is 2.37. The van der Waals surface area contributed by atoms with Crippen molar-refractivity contribution >= 4 is 21.0 Å². The van der Waals surface area contributed by atoms with E-state index in [2.05, 4.69) is 0 Å². The highest BCUT2D eigenvalue weighted by Crippen LogP contribution is 2.35. The molecule has 1 aromatic heterocycles. The average Bonchev–Trinajstić information content (AvgIpc) is 2.74. The third kappa shape index (κ3) is 2.48. The van der Waals surface area contributed by atoms with Crippen LogP contribution in [0.25, 0.3) is 10.1 Å². The maximum atomic E-state index is 13.5. The summed E-state index contributed by atoms with van der Waals surface area (Å²) in [5.41, 5.74) is 0.365. The van der Waals surface area contributed by atoms with Gasteiger partial charge in [0.25, 0.3) is 0 Å². The van der Waals surface area contributed by atoms with Gasteiger partial charge in [-0.15, -0.1) is 3.96 Å². The maximum Gasteiger partial charge on any atom is 0.303 e. The molecule has 0 radical (unpaired) electrons. The molecule has 7 heteroatoms. The van der Waals surface area contributed by atoms with Crippen molar-refractivity contribution in [2.45, 2.75) is 6.92 Å². The van der Waals surface area contributed by atoms with Gasteiger partial charge < -0.3 is 9.29 Å². The largest absolute Gasteiger partial charge is 0.570 e. The summed E-state index contributed by atoms with van der Waals surface area (Å²) >= 11 is 0. The molecule has 0 amide bonds. The summed E-state index contributed by atoms with van der Waals surface area (Å²) < 4.78 is 32.9. The second-order valence-electron chi connectivity index (χ2n) is 5.01. The van der Waals surface area contributed by atoms with E-state index in [1.54, 1.807) is 13.0 Å². The fraction of sp³-hybridized carbons (Fsp3) is 0.125. The molecule has 0 aliphatic heterocycles. The second kappa shape index (κ2) is 5.50. The number of fused-ring (bicyclic) bond motifs is 1. The number of aromatic nitrogens is 1. The van der Waals surface area contributed by atoms with Gasteiger partial charge in [0.05, 0.1) is 24.2 Å². The molecule has 0 bridgehead atoms. The van der Waals surface area contributed by atoms with E-state index in [0.717, 1.165) is 16.1 Å². The minimum absolute atomic E-state index is 0.136. The van der Waals surface area contributed by atoms with E-state index in [-0.39, 0.29) is 16.9 Å². The highest BCUT2D eigenvalue weighted by Gasteiger charge is 2.20. The Balaban J connectivity index is 2.13. The van der Waals surface area contributed by atoms with Crippen LogP contribution in [-0.4, -0.2) is 8.51 Å². The Kier molecular flexibility index (Phi) is 3.64. The molecule has 1 atom stereocenters. The van der Waals surface area contributed by atoms with Crippen LogP contribution < -0.4 is 10.3 Å². The first kappa shape index (κ1) is 15.2. The van der Waals surface area contributed by atoms with Gasteiger partial charge >= 0.3 is 5.56 Å². The summed E-state index contributed by atoms with van der Waals surface area (Å²) in [4.78, 5) is 12.0. The summed E-state index contributed by atoms with van der Waals surface area (Å²) in [6, 6.07) is 8.61. The van der Waals surface area contributed by atoms with Crippen LogP contribution in [0, 0.1) is 24.1 Å². The molecule has 23 heavy (non-hydrogen) atoms. The SMILES string of the molecule is Cc1c(Oc2cc(F)cc(C#N)c2)ccc2c(=O)n(C)[s+]([O-])c12. The van der Waals surface area contributed by atoms with Crippen molar-refractivity contribution in [2.24, 2.45) is 7.05 Å². The summed E-state index contributed by atoms with van der Waals surface area (Å²) in [7, 11) is -0.123. The maximum absolute atomic E-state index is 13.5. The summed E-state index contributed by atoms with van der Waals surface area (Å²) in [5.74, 6) is -0.0703. The quantitative estimate of drug-likeness (QED) is 0.675. The minimum Gasteiger partial charge on any atom is -0.570 e. The van der Waals surface area contributed by atoms with Crippen LogP contribution in [0.2, 0.25) is 0 Å². The Bertz CT molecular complexity index is 1030. The van der Waals surface area contributed by atoms with Crippen LogP contribution in [0.1, 0.15) is 11.1 Å². The molecular formula is C16H11FN2O3S. The molecule has 0 N–H and O–H groups in total. The van der Waals surface area contributed by atoms with Gasteiger partial charge in [0, 0.05) is 17.0 Å². The molecule has 5 nitrogen and oxygen atoms in total. The average molecular weight is 330 g/mol. The highest BCUT2D eigenvalue weighted by atomic mass is 32.2. The molecule has 2 aromatic carbocycles. The molecule has 0 saturated carbocycles. The van der Waals surface area contributed by atoms with E-state index >= 15 is 0 Å². The molecule has 0 fully saturated rings. The van der Waals surface area contributed by atoms with Crippen molar-refractivity contribution in [1.29, 1.82) is 5.26 Å². The summed E-state index contributed by atoms with van der Waals surface area (Å²) in [6.45, 7) is 1.68. The third-order valence-corrected chi connectivity index (χ3v) is 5.06. The van der Waals surface area contributed by atoms with Gasteiger partial charge in [-0.3, -0.25) is 4.79 Å². The van der Waals surface area contributed by atoms with Crippen molar-refractivity contribution in [3.05, 3.63) is 57.6 Å². The van der Waals surface area contributed by atoms with Gasteiger partial charge in [0.15, 0.2) is 0 Å². The van der Waals surface area contributed by atoms with E-state index in [1.807, 2.05) is 6.07 Å². The Morgan fingerprint density at radius 3 is 2.78 bits per heavy atom. The zero-order chi connectivity index (χ0) is 16.7. The molecule has 3 rings (SSSR count). The fourth-order valence-corrected chi connectivity index (χ4v) is 3.60. The smallest absolute Gasteiger partial charge is 0.303 e. The Labute approximate surface area is 133 Å². The lowest BCUT2D eigenvalue weighted by Gasteiger charge is -2.09. The number of hydrogen-bond acceptors (Lipinski definition) is 4. The lowest BCUT2D eigenvalue weighted by atomic mass is 10.1. The topological polar surface area (TPSA) is 78.1 Å². The van der Waals surface area contributed by atoms with Crippen LogP contribution in [0.3, 0.4) is 0 Å². The molecule has 0 aliphatic carbocycles. The van der Waals surface area contributed by atoms with E-state index in [9.17, 15) is 13.7 Å². The third-order valence-electron chi connectivity index (χ3n) is 3.52. The molecule has 3 aromatic rings. The molecule has 1 unspecified atom stereocenters. The van der Waals surface area contributed by atoms with Gasteiger partial charge in [-0.05, 0) is 31.2 Å². The zero-order valence-electron chi connectivity index (χ0n) is 12.3. The second-order valence-corrected chi connectivity index (χ2v) is 6.46. The number of aryl methyl sites for hydroxylation is 1. The van der Waals surface area contributed by atoms with Crippen LogP contribution in [0.5, 0.6) is 11.5 Å². The normalized spacial score (nSPS) is 11.5. The van der Waals surface area contributed by atoms with Gasteiger partial charge in [-0.25, -0.2) is 4.39 Å². The molecular weight excluding hydrogens is 319 g/mol. The Hall–Kier alpha value is -2.69. The number of rotatable bonds is 2. The number of ether oxygens (including phenoxy) is 1. The molecule has 0 aliphatic rings. The Morgan fingerprint density at radius 1 is 1.35 bits per heavy atom. The first-order valence-corrected chi connectivity index (χ1v) is 7.75. The Morgan fingerprint density at radius 2 is 2.09 bits per heavy atom. The lowest BCUT2D eigenvalue weighted by molar-refractivity contribution is 0.474. The predicted molar refractivity (Wildman–Crippen MR) is 83.8 cm³/mol. The van der Waals surface area contributed by atoms with Crippen molar-refractivity contribution in [1.82, 2.24) is 3.96 Å². The molecule has 0 saturated heterocycles. The van der Waals surface area contributed by atoms with Crippen LogP contribution in [0.15, 0.2) is 35.1 Å². The first-order chi connectivity index (χ1) is 10.9. The van der Waals surface area contributed by atoms with E-state index in [0.29, 0.717) is 21.4 Å². The van der Waals surface area contributed by atoms with E-state index in [1.165, 1.54) is 19.2 Å². The molecule has 0 spiro atoms. The number of halogens is 1. The minimum atomic E-state index is -1.59. The van der Waals surface area contributed by atoms with E-state index < -0.39 is 16.8 Å². The summed E-state index contributed by atoms with van der Waals surface area (Å²) in [6.07, 6.45) is 0. The van der Waals surface area contributed by atoms with Gasteiger partial charge in [-0.2, -0.15) is 5.26 Å². The first-order valence-electron chi connectivity index (χ1n) is 6.64. The van der Waals surface area contributed by atoms with Crippen LogP contribution in [-0.2, 0) is 7.05 Å². The monoisotopic (exact) mass is 330 g/mol. The van der Waals surface area contributed by atoms with Crippen molar-refractivity contribution in [3.63, 3.8) is 0 Å². The van der Waals surface area contributed by atoms with E-state index in [4.69, 9.17) is 10.00 Å². The van der Waals surface area contributed by atoms with Crippen LogP contribution >= 0.6 is 10.9 Å². The van der Waals surface area contributed by atoms with Crippen molar-refractivity contribution in [3.8, 4) is 17.6 Å². The van der Waals surface area contributed by atoms with Gasteiger partial charge in [-0.1, -0.05) is 0 Å². The summed E-state index contributed by atoms with van der Waals surface area (Å²) in [5, 5.41) is 9.24. The highest BCUT2D eigenvalue weighted by molar-refractivity contribution is 7.27. The number of nitriles is 1. The van der Waals surface area contributed by atoms with Crippen LogP contribution in [0.4, 0.5) is 4.39 Å². The zero-order valence-corrected chi connectivity index (χ0v) is 13.1. The van der Waals surface area contributed by atoms with Gasteiger partial charge in [0.2, 0.25) is 4.70 Å². The predicted octanol–water partition coefficient (Wildman–Crippen LogP) is 3.38. The van der Waals surface area contributed by atoms with Gasteiger partial charge in [0.1, 0.15) is 22.7 Å². The molecule has 1 heterocycles. The lowest BCUT2D eigenvalue weighted by Crippen LogP contribution is -2.09. The standard InChI is InChI=1S/C16H11FN2O3S/c1-9-14(22-12-6-10(8-18)5-11(17)7-12)4-3-13-15(9)23(21)19(2)16(13)20/h3-7H,1-2H3. The molecule has 116 valence electrons. The van der Waals surface area contributed by atoms with Crippen molar-refractivity contribution < 1.29 is 13.7 Å².